The van der Waals surface area contributed by atoms with Gasteiger partial charge in [0.25, 0.3) is 5.91 Å². The van der Waals surface area contributed by atoms with Gasteiger partial charge in [-0.3, -0.25) is 14.5 Å². The Morgan fingerprint density at radius 3 is 2.84 bits per heavy atom. The van der Waals surface area contributed by atoms with Crippen molar-refractivity contribution in [3.05, 3.63) is 63.8 Å². The smallest absolute Gasteiger partial charge is 0.259 e. The SMILES string of the molecule is O=C(CN1C(=O)c2cccc3cccc1c23)N1CCc2sccc2C1. The van der Waals surface area contributed by atoms with Gasteiger partial charge in [0.2, 0.25) is 5.91 Å². The molecule has 5 rings (SSSR count). The van der Waals surface area contributed by atoms with Crippen molar-refractivity contribution in [2.45, 2.75) is 13.0 Å². The summed E-state index contributed by atoms with van der Waals surface area (Å²) in [5.74, 6) is -0.0663. The van der Waals surface area contributed by atoms with Gasteiger partial charge in [-0.15, -0.1) is 11.3 Å². The zero-order chi connectivity index (χ0) is 17.0. The van der Waals surface area contributed by atoms with Gasteiger partial charge >= 0.3 is 0 Å². The molecule has 2 aromatic carbocycles. The molecule has 0 saturated heterocycles. The number of benzene rings is 2. The molecule has 124 valence electrons. The highest BCUT2D eigenvalue weighted by Gasteiger charge is 2.32. The maximum absolute atomic E-state index is 12.8. The van der Waals surface area contributed by atoms with E-state index in [1.54, 1.807) is 16.2 Å². The molecule has 25 heavy (non-hydrogen) atoms. The van der Waals surface area contributed by atoms with Gasteiger partial charge in [-0.1, -0.05) is 24.3 Å². The van der Waals surface area contributed by atoms with Gasteiger partial charge in [-0.05, 0) is 40.9 Å². The molecule has 1 aromatic heterocycles. The lowest BCUT2D eigenvalue weighted by Crippen LogP contribution is -2.43. The van der Waals surface area contributed by atoms with E-state index in [0.29, 0.717) is 12.1 Å². The number of nitrogens with zero attached hydrogens (tertiary/aromatic N) is 2. The van der Waals surface area contributed by atoms with Crippen molar-refractivity contribution >= 4 is 39.6 Å². The van der Waals surface area contributed by atoms with Crippen LogP contribution in [0.15, 0.2) is 47.8 Å². The second kappa shape index (κ2) is 5.43. The van der Waals surface area contributed by atoms with E-state index in [1.165, 1.54) is 10.4 Å². The zero-order valence-electron chi connectivity index (χ0n) is 13.6. The Balaban J connectivity index is 1.43. The van der Waals surface area contributed by atoms with Crippen LogP contribution < -0.4 is 4.90 Å². The standard InChI is InChI=1S/C20H16N2O2S/c23-18(21-9-7-17-14(11-21)8-10-25-17)12-22-16-6-2-4-13-3-1-5-15(19(13)16)20(22)24/h1-6,8,10H,7,9,11-12H2. The first kappa shape index (κ1) is 14.7. The molecular weight excluding hydrogens is 332 g/mol. The minimum atomic E-state index is -0.0756. The summed E-state index contributed by atoms with van der Waals surface area (Å²) in [4.78, 5) is 30.5. The Bertz CT molecular complexity index is 1020. The van der Waals surface area contributed by atoms with Crippen molar-refractivity contribution in [2.24, 2.45) is 0 Å². The van der Waals surface area contributed by atoms with Crippen molar-refractivity contribution in [1.82, 2.24) is 4.90 Å². The molecule has 2 aliphatic heterocycles. The highest BCUT2D eigenvalue weighted by atomic mass is 32.1. The number of carbonyl (C=O) groups excluding carboxylic acids is 2. The molecule has 2 aliphatic rings. The monoisotopic (exact) mass is 348 g/mol. The Kier molecular flexibility index (Phi) is 3.18. The number of fused-ring (bicyclic) bond motifs is 1. The number of hydrogen-bond donors (Lipinski definition) is 0. The summed E-state index contributed by atoms with van der Waals surface area (Å²) < 4.78 is 0. The van der Waals surface area contributed by atoms with Crippen LogP contribution in [0.1, 0.15) is 20.8 Å². The molecule has 0 atom stereocenters. The van der Waals surface area contributed by atoms with Crippen LogP contribution in [0, 0.1) is 0 Å². The molecule has 5 heteroatoms. The highest BCUT2D eigenvalue weighted by molar-refractivity contribution is 7.10. The maximum Gasteiger partial charge on any atom is 0.259 e. The van der Waals surface area contributed by atoms with Gasteiger partial charge in [0, 0.05) is 28.9 Å². The minimum Gasteiger partial charge on any atom is -0.336 e. The van der Waals surface area contributed by atoms with Crippen molar-refractivity contribution in [2.75, 3.05) is 18.0 Å². The third-order valence-electron chi connectivity index (χ3n) is 5.10. The van der Waals surface area contributed by atoms with Crippen molar-refractivity contribution in [3.63, 3.8) is 0 Å². The van der Waals surface area contributed by atoms with Crippen LogP contribution in [0.25, 0.3) is 10.8 Å². The summed E-state index contributed by atoms with van der Waals surface area (Å²) in [6, 6.07) is 13.7. The van der Waals surface area contributed by atoms with Crippen LogP contribution in [0.5, 0.6) is 0 Å². The molecule has 3 heterocycles. The molecule has 0 spiro atoms. The third-order valence-corrected chi connectivity index (χ3v) is 6.13. The summed E-state index contributed by atoms with van der Waals surface area (Å²) in [5.41, 5.74) is 2.78. The molecular formula is C20H16N2O2S. The van der Waals surface area contributed by atoms with E-state index in [0.717, 1.165) is 29.4 Å². The predicted molar refractivity (Wildman–Crippen MR) is 99.1 cm³/mol. The van der Waals surface area contributed by atoms with Gasteiger partial charge in [0.1, 0.15) is 6.54 Å². The fourth-order valence-corrected chi connectivity index (χ4v) is 4.72. The van der Waals surface area contributed by atoms with Gasteiger partial charge in [0.05, 0.1) is 5.69 Å². The fourth-order valence-electron chi connectivity index (χ4n) is 3.83. The van der Waals surface area contributed by atoms with Gasteiger partial charge in [-0.25, -0.2) is 0 Å². The Labute approximate surface area is 149 Å². The van der Waals surface area contributed by atoms with E-state index in [-0.39, 0.29) is 18.4 Å². The number of amides is 2. The molecule has 0 fully saturated rings. The number of anilines is 1. The molecule has 0 radical (unpaired) electrons. The molecule has 0 saturated carbocycles. The Morgan fingerprint density at radius 2 is 1.96 bits per heavy atom. The van der Waals surface area contributed by atoms with Crippen LogP contribution in [-0.4, -0.2) is 29.8 Å². The molecule has 3 aromatic rings. The summed E-state index contributed by atoms with van der Waals surface area (Å²) >= 11 is 1.76. The van der Waals surface area contributed by atoms with E-state index in [9.17, 15) is 9.59 Å². The van der Waals surface area contributed by atoms with Crippen LogP contribution in [0.3, 0.4) is 0 Å². The Morgan fingerprint density at radius 1 is 1.12 bits per heavy atom. The van der Waals surface area contributed by atoms with Crippen LogP contribution >= 0.6 is 11.3 Å². The molecule has 0 bridgehead atoms. The van der Waals surface area contributed by atoms with Gasteiger partial charge in [-0.2, -0.15) is 0 Å². The lowest BCUT2D eigenvalue weighted by atomic mass is 10.1. The van der Waals surface area contributed by atoms with E-state index in [2.05, 4.69) is 11.4 Å². The highest BCUT2D eigenvalue weighted by Crippen LogP contribution is 2.37. The number of hydrogen-bond acceptors (Lipinski definition) is 3. The largest absolute Gasteiger partial charge is 0.336 e. The quantitative estimate of drug-likeness (QED) is 0.712. The summed E-state index contributed by atoms with van der Waals surface area (Å²) in [6.07, 6.45) is 0.905. The van der Waals surface area contributed by atoms with Crippen LogP contribution in [-0.2, 0) is 17.8 Å². The first-order valence-corrected chi connectivity index (χ1v) is 9.27. The Hall–Kier alpha value is -2.66. The number of carbonyl (C=O) groups is 2. The predicted octanol–water partition coefficient (Wildman–Crippen LogP) is 3.45. The average molecular weight is 348 g/mol. The van der Waals surface area contributed by atoms with Gasteiger partial charge < -0.3 is 4.90 Å². The topological polar surface area (TPSA) is 40.6 Å². The van der Waals surface area contributed by atoms with Crippen LogP contribution in [0.4, 0.5) is 5.69 Å². The second-order valence-electron chi connectivity index (χ2n) is 6.51. The van der Waals surface area contributed by atoms with Crippen molar-refractivity contribution in [3.8, 4) is 0 Å². The molecule has 4 nitrogen and oxygen atoms in total. The molecule has 0 aliphatic carbocycles. The number of rotatable bonds is 2. The maximum atomic E-state index is 12.8. The van der Waals surface area contributed by atoms with E-state index in [4.69, 9.17) is 0 Å². The van der Waals surface area contributed by atoms with E-state index >= 15 is 0 Å². The molecule has 0 N–H and O–H groups in total. The zero-order valence-corrected chi connectivity index (χ0v) is 14.4. The normalized spacial score (nSPS) is 15.8. The molecule has 0 unspecified atom stereocenters. The van der Waals surface area contributed by atoms with Crippen molar-refractivity contribution < 1.29 is 9.59 Å². The van der Waals surface area contributed by atoms with E-state index < -0.39 is 0 Å². The fraction of sp³-hybridized carbons (Fsp3) is 0.200. The van der Waals surface area contributed by atoms with Gasteiger partial charge in [0.15, 0.2) is 0 Å². The first-order valence-electron chi connectivity index (χ1n) is 8.39. The summed E-state index contributed by atoms with van der Waals surface area (Å²) in [5, 5.41) is 4.08. The third kappa shape index (κ3) is 2.19. The summed E-state index contributed by atoms with van der Waals surface area (Å²) in [7, 11) is 0. The first-order chi connectivity index (χ1) is 12.2. The van der Waals surface area contributed by atoms with Crippen molar-refractivity contribution in [1.29, 1.82) is 0 Å². The lowest BCUT2D eigenvalue weighted by molar-refractivity contribution is -0.130. The number of thiophene rings is 1. The molecule has 2 amide bonds. The average Bonchev–Trinajstić information content (AvgIpc) is 3.21. The second-order valence-corrected chi connectivity index (χ2v) is 7.51. The minimum absolute atomic E-state index is 0.00927. The lowest BCUT2D eigenvalue weighted by Gasteiger charge is -2.29. The van der Waals surface area contributed by atoms with Crippen LogP contribution in [0.2, 0.25) is 0 Å². The summed E-state index contributed by atoms with van der Waals surface area (Å²) in [6.45, 7) is 1.48. The van der Waals surface area contributed by atoms with E-state index in [1.807, 2.05) is 41.3 Å².